The number of quaternary nitrogens is 1. The van der Waals surface area contributed by atoms with Gasteiger partial charge in [0.1, 0.15) is 0 Å². The molecule has 0 atom stereocenters. The van der Waals surface area contributed by atoms with Crippen LogP contribution in [0.2, 0.25) is 0 Å². The van der Waals surface area contributed by atoms with E-state index in [1.807, 2.05) is 0 Å². The lowest BCUT2D eigenvalue weighted by Gasteiger charge is -2.29. The summed E-state index contributed by atoms with van der Waals surface area (Å²) in [6.45, 7) is 5.25. The minimum Gasteiger partial charge on any atom is -1.00 e. The van der Waals surface area contributed by atoms with E-state index in [1.165, 1.54) is 57.8 Å². The lowest BCUT2D eigenvalue weighted by Crippen LogP contribution is -3.00. The predicted octanol–water partition coefficient (Wildman–Crippen LogP) is 1.09. The second kappa shape index (κ2) is 17.1. The van der Waals surface area contributed by atoms with Gasteiger partial charge in [0.2, 0.25) is 0 Å². The Labute approximate surface area is 163 Å². The Bertz CT molecular complexity index is 310. The zero-order valence-electron chi connectivity index (χ0n) is 17.5. The van der Waals surface area contributed by atoms with Crippen LogP contribution in [0.15, 0.2) is 0 Å². The monoisotopic (exact) mass is 378 g/mol. The first kappa shape index (κ1) is 26.9. The van der Waals surface area contributed by atoms with Gasteiger partial charge in [-0.25, -0.2) is 4.79 Å². The number of hydrogen-bond donors (Lipinski definition) is 0. The highest BCUT2D eigenvalue weighted by Gasteiger charge is 2.20. The Kier molecular flexibility index (Phi) is 18.4. The highest BCUT2D eigenvalue weighted by molar-refractivity contribution is 5.70. The molecule has 0 aliphatic rings. The molecule has 5 heteroatoms. The van der Waals surface area contributed by atoms with Crippen molar-refractivity contribution in [2.75, 3.05) is 54.4 Å². The van der Waals surface area contributed by atoms with E-state index in [4.69, 9.17) is 4.74 Å². The van der Waals surface area contributed by atoms with Gasteiger partial charge in [0, 0.05) is 6.54 Å². The zero-order chi connectivity index (χ0) is 18.3. The van der Waals surface area contributed by atoms with Gasteiger partial charge in [-0.2, -0.15) is 0 Å². The summed E-state index contributed by atoms with van der Waals surface area (Å²) in [4.78, 5) is 14.1. The van der Waals surface area contributed by atoms with Crippen LogP contribution >= 0.6 is 0 Å². The highest BCUT2D eigenvalue weighted by Crippen LogP contribution is 2.10. The summed E-state index contributed by atoms with van der Waals surface area (Å²) in [7, 11) is 8.30. The molecule has 0 unspecified atom stereocenters. The summed E-state index contributed by atoms with van der Waals surface area (Å²) in [6, 6.07) is 0. The van der Waals surface area contributed by atoms with Crippen LogP contribution in [0.25, 0.3) is 0 Å². The van der Waals surface area contributed by atoms with Crippen LogP contribution < -0.4 is 12.4 Å². The fourth-order valence-corrected chi connectivity index (χ4v) is 2.72. The number of hydrogen-bond acceptors (Lipinski definition) is 3. The van der Waals surface area contributed by atoms with Crippen molar-refractivity contribution >= 4 is 5.97 Å². The van der Waals surface area contributed by atoms with Crippen LogP contribution in [0.3, 0.4) is 0 Å². The fourth-order valence-electron chi connectivity index (χ4n) is 2.72. The van der Waals surface area contributed by atoms with E-state index in [-0.39, 0.29) is 18.4 Å². The molecule has 0 aliphatic heterocycles. The highest BCUT2D eigenvalue weighted by atomic mass is 35.5. The van der Waals surface area contributed by atoms with E-state index < -0.39 is 0 Å². The standard InChI is InChI=1S/C20H43N2O2.ClH/c1-6-7-8-9-10-11-12-13-14-15-18-24-20(23)19-22(4,5)17-16-21(2)3;/h6-19H2,1-5H3;1H/q+1;/p-1. The molecule has 0 aromatic heterocycles. The Balaban J connectivity index is 0. The molecule has 0 aliphatic carbocycles. The van der Waals surface area contributed by atoms with Crippen LogP contribution in [0, 0.1) is 0 Å². The molecule has 0 spiro atoms. The van der Waals surface area contributed by atoms with Crippen LogP contribution in [-0.2, 0) is 9.53 Å². The van der Waals surface area contributed by atoms with Crippen molar-refractivity contribution in [2.24, 2.45) is 0 Å². The van der Waals surface area contributed by atoms with E-state index in [2.05, 4.69) is 40.0 Å². The molecule has 152 valence electrons. The molecule has 0 amide bonds. The molecule has 0 radical (unpaired) electrons. The summed E-state index contributed by atoms with van der Waals surface area (Å²) in [6.07, 6.45) is 13.0. The number of ether oxygens (including phenoxy) is 1. The molecule has 0 bridgehead atoms. The molecule has 0 saturated heterocycles. The third kappa shape index (κ3) is 19.8. The number of unbranched alkanes of at least 4 members (excludes halogenated alkanes) is 9. The van der Waals surface area contributed by atoms with Crippen molar-refractivity contribution in [1.82, 2.24) is 4.90 Å². The van der Waals surface area contributed by atoms with Crippen molar-refractivity contribution in [3.05, 3.63) is 0 Å². The van der Waals surface area contributed by atoms with Gasteiger partial charge in [-0.1, -0.05) is 64.7 Å². The second-order valence-electron chi connectivity index (χ2n) is 8.02. The molecular weight excluding hydrogens is 336 g/mol. The second-order valence-corrected chi connectivity index (χ2v) is 8.02. The van der Waals surface area contributed by atoms with Gasteiger partial charge in [0.25, 0.3) is 0 Å². The maximum atomic E-state index is 11.9. The molecule has 0 rings (SSSR count). The summed E-state index contributed by atoms with van der Waals surface area (Å²) < 4.78 is 6.08. The number of esters is 1. The van der Waals surface area contributed by atoms with Crippen LogP contribution in [-0.4, -0.2) is 69.8 Å². The average Bonchev–Trinajstić information content (AvgIpc) is 2.50. The first-order valence-electron chi connectivity index (χ1n) is 10.00. The molecule has 25 heavy (non-hydrogen) atoms. The largest absolute Gasteiger partial charge is 1.00 e. The molecule has 0 saturated carbocycles. The van der Waals surface area contributed by atoms with E-state index in [0.717, 1.165) is 19.5 Å². The van der Waals surface area contributed by atoms with Gasteiger partial charge in [-0.3, -0.25) is 0 Å². The SMILES string of the molecule is CCCCCCCCCCCCOC(=O)C[N+](C)(C)CCN(C)C.[Cl-]. The Hall–Kier alpha value is -0.320. The summed E-state index contributed by atoms with van der Waals surface area (Å²) in [5.41, 5.74) is 0. The van der Waals surface area contributed by atoms with E-state index in [1.54, 1.807) is 0 Å². The Morgan fingerprint density at radius 1 is 0.880 bits per heavy atom. The van der Waals surface area contributed by atoms with Gasteiger partial charge in [0.15, 0.2) is 6.54 Å². The smallest absolute Gasteiger partial charge is 0.361 e. The van der Waals surface area contributed by atoms with E-state index in [9.17, 15) is 4.79 Å². The number of carbonyl (C=O) groups is 1. The van der Waals surface area contributed by atoms with Crippen molar-refractivity contribution < 1.29 is 26.4 Å². The lowest BCUT2D eigenvalue weighted by atomic mass is 10.1. The number of halogens is 1. The van der Waals surface area contributed by atoms with Crippen molar-refractivity contribution in [1.29, 1.82) is 0 Å². The molecule has 0 fully saturated rings. The van der Waals surface area contributed by atoms with E-state index >= 15 is 0 Å². The average molecular weight is 379 g/mol. The van der Waals surface area contributed by atoms with Gasteiger partial charge in [-0.15, -0.1) is 0 Å². The van der Waals surface area contributed by atoms with Crippen molar-refractivity contribution in [3.63, 3.8) is 0 Å². The number of rotatable bonds is 16. The van der Waals surface area contributed by atoms with Gasteiger partial charge in [0.05, 0.1) is 27.2 Å². The van der Waals surface area contributed by atoms with Crippen molar-refractivity contribution in [3.8, 4) is 0 Å². The third-order valence-electron chi connectivity index (χ3n) is 4.47. The fraction of sp³-hybridized carbons (Fsp3) is 0.950. The molecule has 4 nitrogen and oxygen atoms in total. The lowest BCUT2D eigenvalue weighted by molar-refractivity contribution is -0.882. The topological polar surface area (TPSA) is 29.5 Å². The molecule has 0 heterocycles. The maximum Gasteiger partial charge on any atom is 0.361 e. The van der Waals surface area contributed by atoms with Gasteiger partial charge < -0.3 is 26.5 Å². The van der Waals surface area contributed by atoms with Crippen LogP contribution in [0.4, 0.5) is 0 Å². The zero-order valence-corrected chi connectivity index (χ0v) is 18.2. The number of nitrogens with zero attached hydrogens (tertiary/aromatic N) is 2. The first-order chi connectivity index (χ1) is 11.4. The van der Waals surface area contributed by atoms with Crippen LogP contribution in [0.1, 0.15) is 71.1 Å². The molecule has 0 aromatic rings. The number of carbonyl (C=O) groups excluding carboxylic acids is 1. The van der Waals surface area contributed by atoms with Crippen molar-refractivity contribution in [2.45, 2.75) is 71.1 Å². The molecular formula is C20H43ClN2O2. The Morgan fingerprint density at radius 3 is 1.84 bits per heavy atom. The third-order valence-corrected chi connectivity index (χ3v) is 4.47. The minimum atomic E-state index is -0.0605. The van der Waals surface area contributed by atoms with Crippen LogP contribution in [0.5, 0.6) is 0 Å². The normalized spacial score (nSPS) is 11.4. The predicted molar refractivity (Wildman–Crippen MR) is 103 cm³/mol. The maximum absolute atomic E-state index is 11.9. The summed E-state index contributed by atoms with van der Waals surface area (Å²) in [5, 5.41) is 0. The summed E-state index contributed by atoms with van der Waals surface area (Å²) in [5.74, 6) is -0.0605. The van der Waals surface area contributed by atoms with Gasteiger partial charge in [-0.05, 0) is 20.5 Å². The quantitative estimate of drug-likeness (QED) is 0.229. The molecule has 0 N–H and O–H groups in total. The minimum absolute atomic E-state index is 0. The van der Waals surface area contributed by atoms with Gasteiger partial charge >= 0.3 is 5.97 Å². The number of likely N-dealkylation sites (N-methyl/N-ethyl adjacent to an activating group) is 2. The summed E-state index contributed by atoms with van der Waals surface area (Å²) >= 11 is 0. The first-order valence-corrected chi connectivity index (χ1v) is 10.00. The van der Waals surface area contributed by atoms with E-state index in [0.29, 0.717) is 17.6 Å². The Morgan fingerprint density at radius 2 is 1.36 bits per heavy atom. The molecule has 0 aromatic carbocycles.